The van der Waals surface area contributed by atoms with Gasteiger partial charge in [-0.1, -0.05) is 82.1 Å². The highest BCUT2D eigenvalue weighted by Crippen LogP contribution is 2.72. The lowest BCUT2D eigenvalue weighted by molar-refractivity contribution is -0.178. The Morgan fingerprint density at radius 3 is 1.94 bits per heavy atom. The van der Waals surface area contributed by atoms with Gasteiger partial charge in [0.1, 0.15) is 5.78 Å². The van der Waals surface area contributed by atoms with Crippen LogP contribution in [0.1, 0.15) is 153 Å². The van der Waals surface area contributed by atoms with Crippen LogP contribution in [0.2, 0.25) is 0 Å². The molecule has 1 nitrogen and oxygen atoms in total. The number of hydrogen-bond donors (Lipinski definition) is 0. The van der Waals surface area contributed by atoms with E-state index in [1.165, 1.54) is 64.2 Å². The first-order valence-corrected chi connectivity index (χ1v) is 15.2. The van der Waals surface area contributed by atoms with Crippen molar-refractivity contribution in [3.8, 4) is 0 Å². The van der Waals surface area contributed by atoms with E-state index in [4.69, 9.17) is 0 Å². The van der Waals surface area contributed by atoms with Gasteiger partial charge in [-0.05, 0) is 111 Å². The highest BCUT2D eigenvalue weighted by molar-refractivity contribution is 5.75. The van der Waals surface area contributed by atoms with Gasteiger partial charge in [0, 0.05) is 6.42 Å². The number of ketones is 1. The van der Waals surface area contributed by atoms with Crippen molar-refractivity contribution >= 4 is 5.78 Å². The van der Waals surface area contributed by atoms with Gasteiger partial charge in [0.25, 0.3) is 0 Å². The van der Waals surface area contributed by atoms with Crippen LogP contribution in [0.4, 0.5) is 0 Å². The second-order valence-electron chi connectivity index (χ2n) is 12.0. The predicted molar refractivity (Wildman–Crippen MR) is 148 cm³/mol. The molecule has 4 rings (SSSR count). The Labute approximate surface area is 209 Å². The van der Waals surface area contributed by atoms with Gasteiger partial charge in [-0.25, -0.2) is 0 Å². The summed E-state index contributed by atoms with van der Waals surface area (Å²) in [7, 11) is 0. The van der Waals surface area contributed by atoms with E-state index in [-0.39, 0.29) is 0 Å². The van der Waals surface area contributed by atoms with Crippen molar-refractivity contribution in [3.05, 3.63) is 0 Å². The zero-order chi connectivity index (χ0) is 25.4. The average molecular weight is 463 g/mol. The molecule has 0 aromatic heterocycles. The molecular formula is C32H62O. The van der Waals surface area contributed by atoms with Crippen molar-refractivity contribution in [3.63, 3.8) is 0 Å². The summed E-state index contributed by atoms with van der Waals surface area (Å²) in [4.78, 5) is 11.4. The molecule has 1 heteroatoms. The minimum absolute atomic E-state index is 0.379. The summed E-state index contributed by atoms with van der Waals surface area (Å²) in [5.74, 6) is 5.07. The highest BCUT2D eigenvalue weighted by atomic mass is 16.1. The molecule has 196 valence electrons. The molecule has 0 N–H and O–H groups in total. The van der Waals surface area contributed by atoms with E-state index in [2.05, 4.69) is 27.7 Å². The Hall–Kier alpha value is -0.330. The Morgan fingerprint density at radius 1 is 0.788 bits per heavy atom. The zero-order valence-corrected chi connectivity index (χ0v) is 24.8. The molecule has 0 bridgehead atoms. The first kappa shape index (κ1) is 30.7. The van der Waals surface area contributed by atoms with Crippen molar-refractivity contribution in [1.82, 2.24) is 0 Å². The molecule has 0 aromatic rings. The van der Waals surface area contributed by atoms with Crippen molar-refractivity contribution < 1.29 is 4.79 Å². The van der Waals surface area contributed by atoms with Crippen LogP contribution in [0.15, 0.2) is 0 Å². The lowest BCUT2D eigenvalue weighted by atomic mass is 9.38. The van der Waals surface area contributed by atoms with Crippen molar-refractivity contribution in [2.75, 3.05) is 0 Å². The van der Waals surface area contributed by atoms with Crippen LogP contribution in [-0.4, -0.2) is 5.78 Å². The van der Waals surface area contributed by atoms with Crippen LogP contribution >= 0.6 is 0 Å². The van der Waals surface area contributed by atoms with Crippen LogP contribution in [0, 0.1) is 45.8 Å². The molecule has 0 aromatic carbocycles. The van der Waals surface area contributed by atoms with Gasteiger partial charge in [0.2, 0.25) is 0 Å². The van der Waals surface area contributed by atoms with E-state index in [1.807, 2.05) is 41.5 Å². The monoisotopic (exact) mass is 462 g/mol. The lowest BCUT2D eigenvalue weighted by Gasteiger charge is -2.67. The zero-order valence-electron chi connectivity index (χ0n) is 24.8. The minimum Gasteiger partial charge on any atom is -0.300 e. The fourth-order valence-electron chi connectivity index (χ4n) is 9.23. The summed E-state index contributed by atoms with van der Waals surface area (Å²) in [6.45, 7) is 24.4. The molecule has 33 heavy (non-hydrogen) atoms. The molecule has 0 aliphatic heterocycles. The molecule has 8 atom stereocenters. The topological polar surface area (TPSA) is 17.1 Å². The van der Waals surface area contributed by atoms with Crippen molar-refractivity contribution in [1.29, 1.82) is 0 Å². The van der Waals surface area contributed by atoms with Crippen molar-refractivity contribution in [2.24, 2.45) is 45.8 Å². The smallest absolute Gasteiger partial charge is 0.129 e. The quantitative estimate of drug-likeness (QED) is 0.406. The van der Waals surface area contributed by atoms with Gasteiger partial charge in [-0.3, -0.25) is 0 Å². The van der Waals surface area contributed by atoms with Gasteiger partial charge in [0.15, 0.2) is 0 Å². The number of fused-ring (bicyclic) bond motifs is 5. The van der Waals surface area contributed by atoms with Gasteiger partial charge in [-0.2, -0.15) is 0 Å². The molecule has 0 spiro atoms. The van der Waals surface area contributed by atoms with Crippen LogP contribution in [0.3, 0.4) is 0 Å². The number of carbonyl (C=O) groups is 1. The van der Waals surface area contributed by atoms with Gasteiger partial charge in [-0.15, -0.1) is 0 Å². The van der Waals surface area contributed by atoms with E-state index in [0.717, 1.165) is 42.4 Å². The Kier molecular flexibility index (Phi) is 12.2. The summed E-state index contributed by atoms with van der Waals surface area (Å²) in [5.41, 5.74) is 1.73. The van der Waals surface area contributed by atoms with E-state index in [1.54, 1.807) is 6.92 Å². The van der Waals surface area contributed by atoms with Crippen LogP contribution in [0.5, 0.6) is 0 Å². The minimum atomic E-state index is 0.379. The summed E-state index contributed by atoms with van der Waals surface area (Å²) in [6.07, 6.45) is 16.5. The molecule has 4 fully saturated rings. The van der Waals surface area contributed by atoms with Crippen LogP contribution < -0.4 is 0 Å². The summed E-state index contributed by atoms with van der Waals surface area (Å²) in [5, 5.41) is 0. The molecule has 0 heterocycles. The summed E-state index contributed by atoms with van der Waals surface area (Å²) >= 11 is 0. The maximum Gasteiger partial charge on any atom is 0.129 e. The second kappa shape index (κ2) is 13.1. The van der Waals surface area contributed by atoms with Gasteiger partial charge >= 0.3 is 0 Å². The number of hydrogen-bond acceptors (Lipinski definition) is 1. The maximum atomic E-state index is 11.4. The fraction of sp³-hybridized carbons (Fsp3) is 0.969. The fourth-order valence-corrected chi connectivity index (χ4v) is 9.23. The van der Waals surface area contributed by atoms with Crippen molar-refractivity contribution in [2.45, 2.75) is 153 Å². The van der Waals surface area contributed by atoms with E-state index >= 15 is 0 Å². The van der Waals surface area contributed by atoms with Gasteiger partial charge < -0.3 is 4.79 Å². The standard InChI is InChI=1S/C26H44O.3C2H6/c1-18-17-21-22-12-11-20(10-8-9-19(2)27)24(22,3)16-13-23(21)26(5)15-7-6-14-25(18,26)4;3*1-2/h18,20-23H,6-17H2,1-5H3;3*1-2H3/t18-,20?,21?,22?,23-,24?,25?,26?;;;/m0.../s1. The largest absolute Gasteiger partial charge is 0.300 e. The first-order valence-electron chi connectivity index (χ1n) is 15.2. The molecule has 6 unspecified atom stereocenters. The third-order valence-electron chi connectivity index (χ3n) is 11.2. The molecule has 0 amide bonds. The normalized spacial score (nSPS) is 43.1. The van der Waals surface area contributed by atoms with E-state index < -0.39 is 0 Å². The first-order chi connectivity index (χ1) is 15.7. The highest BCUT2D eigenvalue weighted by Gasteiger charge is 2.64. The van der Waals surface area contributed by atoms with Crippen LogP contribution in [0.25, 0.3) is 0 Å². The maximum absolute atomic E-state index is 11.4. The third kappa shape index (κ3) is 5.58. The third-order valence-corrected chi connectivity index (χ3v) is 11.2. The molecule has 4 aliphatic rings. The summed E-state index contributed by atoms with van der Waals surface area (Å²) in [6, 6.07) is 0. The SMILES string of the molecule is CC.CC.CC.CC(=O)CCCC1CCC2C3C[C@H](C)C4(C)CCCCC4(C)[C@H]3CCC12C. The lowest BCUT2D eigenvalue weighted by Crippen LogP contribution is -2.59. The number of rotatable bonds is 4. The molecule has 0 saturated heterocycles. The van der Waals surface area contributed by atoms with E-state index in [9.17, 15) is 4.79 Å². The molecule has 0 radical (unpaired) electrons. The van der Waals surface area contributed by atoms with Gasteiger partial charge in [0.05, 0.1) is 0 Å². The predicted octanol–water partition coefficient (Wildman–Crippen LogP) is 10.5. The Morgan fingerprint density at radius 2 is 1.36 bits per heavy atom. The molecule has 4 aliphatic carbocycles. The average Bonchev–Trinajstić information content (AvgIpc) is 3.16. The number of carbonyl (C=O) groups excluding carboxylic acids is 1. The molecule has 4 saturated carbocycles. The Bertz CT molecular complexity index is 581. The summed E-state index contributed by atoms with van der Waals surface area (Å²) < 4.78 is 0. The van der Waals surface area contributed by atoms with E-state index in [0.29, 0.717) is 22.0 Å². The second-order valence-corrected chi connectivity index (χ2v) is 12.0. The number of Topliss-reactive ketones (excluding diaryl/α,β-unsaturated/α-hetero) is 1. The van der Waals surface area contributed by atoms with Crippen LogP contribution in [-0.2, 0) is 4.79 Å². The Balaban J connectivity index is 0.000000841. The molecular weight excluding hydrogens is 400 g/mol.